The number of carbonyl (C=O) groups is 2. The van der Waals surface area contributed by atoms with Crippen molar-refractivity contribution in [2.75, 3.05) is 13.2 Å². The zero-order valence-electron chi connectivity index (χ0n) is 17.2. The average Bonchev–Trinajstić information content (AvgIpc) is 3.00. The van der Waals surface area contributed by atoms with Gasteiger partial charge in [-0.2, -0.15) is 10.3 Å². The van der Waals surface area contributed by atoms with E-state index >= 15 is 0 Å². The summed E-state index contributed by atoms with van der Waals surface area (Å²) in [4.78, 5) is 25.8. The van der Waals surface area contributed by atoms with Crippen LogP contribution in [0.1, 0.15) is 28.4 Å². The molecule has 2 aromatic rings. The smallest absolute Gasteiger partial charge is 0.285 e. The second kappa shape index (κ2) is 10.5. The van der Waals surface area contributed by atoms with Crippen molar-refractivity contribution in [1.29, 1.82) is 5.26 Å². The number of nitriles is 1. The number of rotatable bonds is 7. The SMILES string of the molecule is CCOc1cc(/C=C2/SC(=S)N(NC(=O)c3ccc(C)cc3Cl)C2=O)ccc1OCC#N. The van der Waals surface area contributed by atoms with Crippen LogP contribution < -0.4 is 14.9 Å². The molecule has 0 saturated carbocycles. The number of thiocarbonyl (C=S) groups is 1. The van der Waals surface area contributed by atoms with E-state index in [1.54, 1.807) is 42.5 Å². The van der Waals surface area contributed by atoms with Crippen LogP contribution in [0.4, 0.5) is 0 Å². The predicted octanol–water partition coefficient (Wildman–Crippen LogP) is 4.50. The van der Waals surface area contributed by atoms with Crippen molar-refractivity contribution in [1.82, 2.24) is 10.4 Å². The molecule has 1 fully saturated rings. The highest BCUT2D eigenvalue weighted by Gasteiger charge is 2.34. The van der Waals surface area contributed by atoms with Crippen LogP contribution >= 0.6 is 35.6 Å². The Morgan fingerprint density at radius 2 is 2.06 bits per heavy atom. The summed E-state index contributed by atoms with van der Waals surface area (Å²) in [5.41, 5.74) is 4.34. The Balaban J connectivity index is 1.80. The van der Waals surface area contributed by atoms with Gasteiger partial charge >= 0.3 is 0 Å². The van der Waals surface area contributed by atoms with Gasteiger partial charge in [-0.15, -0.1) is 0 Å². The molecule has 3 rings (SSSR count). The largest absolute Gasteiger partial charge is 0.490 e. The quantitative estimate of drug-likeness (QED) is 0.454. The molecule has 1 aliphatic heterocycles. The van der Waals surface area contributed by atoms with E-state index in [9.17, 15) is 9.59 Å². The summed E-state index contributed by atoms with van der Waals surface area (Å²) in [5.74, 6) is -0.112. The molecule has 0 radical (unpaired) electrons. The topological polar surface area (TPSA) is 91.7 Å². The first-order valence-corrected chi connectivity index (χ1v) is 11.1. The number of benzene rings is 2. The molecule has 1 aliphatic rings. The fourth-order valence-corrected chi connectivity index (χ4v) is 4.29. The van der Waals surface area contributed by atoms with E-state index in [0.29, 0.717) is 28.6 Å². The maximum atomic E-state index is 12.9. The van der Waals surface area contributed by atoms with E-state index in [0.717, 1.165) is 22.3 Å². The van der Waals surface area contributed by atoms with Crippen molar-refractivity contribution in [3.8, 4) is 17.6 Å². The summed E-state index contributed by atoms with van der Waals surface area (Å²) in [7, 11) is 0. The Kier molecular flexibility index (Phi) is 7.75. The van der Waals surface area contributed by atoms with Crippen LogP contribution in [0.15, 0.2) is 41.3 Å². The lowest BCUT2D eigenvalue weighted by Crippen LogP contribution is -2.44. The molecule has 1 heterocycles. The molecule has 1 saturated heterocycles. The van der Waals surface area contributed by atoms with Crippen LogP contribution in [0.3, 0.4) is 0 Å². The van der Waals surface area contributed by atoms with E-state index < -0.39 is 11.8 Å². The molecule has 2 amide bonds. The molecule has 2 aromatic carbocycles. The molecule has 32 heavy (non-hydrogen) atoms. The zero-order valence-corrected chi connectivity index (χ0v) is 19.6. The Morgan fingerprint density at radius 1 is 1.28 bits per heavy atom. The molecular formula is C22H18ClN3O4S2. The fraction of sp³-hybridized carbons (Fsp3) is 0.182. The summed E-state index contributed by atoms with van der Waals surface area (Å²) in [6.07, 6.45) is 1.64. The molecule has 7 nitrogen and oxygen atoms in total. The molecule has 0 aliphatic carbocycles. The van der Waals surface area contributed by atoms with E-state index in [-0.39, 0.29) is 21.5 Å². The van der Waals surface area contributed by atoms with Crippen LogP contribution in [-0.2, 0) is 4.79 Å². The van der Waals surface area contributed by atoms with Gasteiger partial charge in [0.15, 0.2) is 22.4 Å². The Bertz CT molecular complexity index is 1160. The van der Waals surface area contributed by atoms with E-state index in [1.165, 1.54) is 0 Å². The highest BCUT2D eigenvalue weighted by molar-refractivity contribution is 8.26. The third-order valence-corrected chi connectivity index (χ3v) is 5.85. The Hall–Kier alpha value is -3.06. The predicted molar refractivity (Wildman–Crippen MR) is 127 cm³/mol. The summed E-state index contributed by atoms with van der Waals surface area (Å²) >= 11 is 12.5. The number of hydrazine groups is 1. The van der Waals surface area contributed by atoms with Gasteiger partial charge in [0, 0.05) is 0 Å². The molecular weight excluding hydrogens is 470 g/mol. The Morgan fingerprint density at radius 3 is 2.75 bits per heavy atom. The second-order valence-corrected chi connectivity index (χ2v) is 8.61. The van der Waals surface area contributed by atoms with Gasteiger partial charge in [-0.3, -0.25) is 15.0 Å². The van der Waals surface area contributed by atoms with Crippen molar-refractivity contribution in [3.05, 3.63) is 63.0 Å². The van der Waals surface area contributed by atoms with Gasteiger partial charge in [-0.05, 0) is 67.5 Å². The summed E-state index contributed by atoms with van der Waals surface area (Å²) in [6, 6.07) is 12.0. The first-order valence-electron chi connectivity index (χ1n) is 9.45. The van der Waals surface area contributed by atoms with Crippen molar-refractivity contribution in [3.63, 3.8) is 0 Å². The number of ether oxygens (including phenoxy) is 2. The number of carbonyl (C=O) groups excluding carboxylic acids is 2. The van der Waals surface area contributed by atoms with Crippen LogP contribution in [0.5, 0.6) is 11.5 Å². The van der Waals surface area contributed by atoms with Crippen molar-refractivity contribution in [2.24, 2.45) is 0 Å². The van der Waals surface area contributed by atoms with Crippen LogP contribution in [0.2, 0.25) is 5.02 Å². The van der Waals surface area contributed by atoms with Crippen molar-refractivity contribution in [2.45, 2.75) is 13.8 Å². The minimum atomic E-state index is -0.537. The standard InChI is InChI=1S/C22H18ClN3O4S2/c1-3-29-18-11-14(5-7-17(18)30-9-8-24)12-19-21(28)26(22(31)32-19)25-20(27)15-6-4-13(2)10-16(15)23/h4-7,10-12H,3,9H2,1-2H3,(H,25,27)/b19-12+. The zero-order chi connectivity index (χ0) is 23.3. The summed E-state index contributed by atoms with van der Waals surface area (Å²) < 4.78 is 11.1. The number of thioether (sulfide) groups is 1. The van der Waals surface area contributed by atoms with Gasteiger partial charge in [-0.25, -0.2) is 0 Å². The molecule has 0 atom stereocenters. The normalized spacial score (nSPS) is 14.4. The molecule has 0 aromatic heterocycles. The maximum Gasteiger partial charge on any atom is 0.285 e. The first kappa shape index (κ1) is 23.6. The third kappa shape index (κ3) is 5.40. The minimum absolute atomic E-state index is 0.108. The number of halogens is 1. The number of nitrogens with one attached hydrogen (secondary N) is 1. The highest BCUT2D eigenvalue weighted by atomic mass is 35.5. The van der Waals surface area contributed by atoms with Crippen molar-refractivity contribution < 1.29 is 19.1 Å². The molecule has 164 valence electrons. The average molecular weight is 488 g/mol. The third-order valence-electron chi connectivity index (χ3n) is 4.23. The van der Waals surface area contributed by atoms with Crippen molar-refractivity contribution >= 4 is 57.8 Å². The molecule has 10 heteroatoms. The summed E-state index contributed by atoms with van der Waals surface area (Å²) in [5, 5.41) is 10.0. The maximum absolute atomic E-state index is 12.9. The van der Waals surface area contributed by atoms with Crippen LogP contribution in [0.25, 0.3) is 6.08 Å². The van der Waals surface area contributed by atoms with Gasteiger partial charge < -0.3 is 9.47 Å². The second-order valence-electron chi connectivity index (χ2n) is 6.53. The van der Waals surface area contributed by atoms with E-state index in [4.69, 9.17) is 38.6 Å². The minimum Gasteiger partial charge on any atom is -0.490 e. The highest BCUT2D eigenvalue weighted by Crippen LogP contribution is 2.34. The number of hydrogen-bond donors (Lipinski definition) is 1. The molecule has 1 N–H and O–H groups in total. The van der Waals surface area contributed by atoms with Gasteiger partial charge in [0.1, 0.15) is 6.07 Å². The number of hydrogen-bond acceptors (Lipinski definition) is 7. The van der Waals surface area contributed by atoms with Gasteiger partial charge in [0.25, 0.3) is 11.8 Å². The molecule has 0 bridgehead atoms. The van der Waals surface area contributed by atoms with Gasteiger partial charge in [0.2, 0.25) is 0 Å². The lowest BCUT2D eigenvalue weighted by atomic mass is 10.1. The fourth-order valence-electron chi connectivity index (χ4n) is 2.79. The monoisotopic (exact) mass is 487 g/mol. The van der Waals surface area contributed by atoms with E-state index in [1.807, 2.05) is 19.9 Å². The number of amides is 2. The first-order chi connectivity index (χ1) is 15.3. The Labute approximate surface area is 199 Å². The number of aryl methyl sites for hydroxylation is 1. The molecule has 0 spiro atoms. The van der Waals surface area contributed by atoms with Crippen LogP contribution in [0, 0.1) is 18.3 Å². The van der Waals surface area contributed by atoms with Crippen LogP contribution in [-0.4, -0.2) is 34.4 Å². The lowest BCUT2D eigenvalue weighted by Gasteiger charge is -2.16. The summed E-state index contributed by atoms with van der Waals surface area (Å²) in [6.45, 7) is 3.99. The van der Waals surface area contributed by atoms with Gasteiger partial charge in [0.05, 0.1) is 22.1 Å². The molecule has 0 unspecified atom stereocenters. The number of nitrogens with zero attached hydrogens (tertiary/aromatic N) is 2. The lowest BCUT2D eigenvalue weighted by molar-refractivity contribution is -0.123. The van der Waals surface area contributed by atoms with E-state index in [2.05, 4.69) is 5.43 Å². The van der Waals surface area contributed by atoms with Gasteiger partial charge in [-0.1, -0.05) is 35.5 Å².